The van der Waals surface area contributed by atoms with E-state index in [0.29, 0.717) is 12.5 Å². The summed E-state index contributed by atoms with van der Waals surface area (Å²) < 4.78 is 14.1. The number of hydrogen-bond donors (Lipinski definition) is 2. The molecule has 1 saturated heterocycles. The van der Waals surface area contributed by atoms with Crippen LogP contribution in [0.15, 0.2) is 49.1 Å². The Morgan fingerprint density at radius 1 is 1.14 bits per heavy atom. The van der Waals surface area contributed by atoms with E-state index in [1.54, 1.807) is 24.7 Å². The van der Waals surface area contributed by atoms with Gasteiger partial charge in [0.05, 0.1) is 28.5 Å². The van der Waals surface area contributed by atoms with Gasteiger partial charge in [0.2, 0.25) is 0 Å². The fourth-order valence-corrected chi connectivity index (χ4v) is 3.96. The minimum atomic E-state index is -0.255. The number of halogens is 1. The van der Waals surface area contributed by atoms with Crippen molar-refractivity contribution in [3.05, 3.63) is 60.4 Å². The molecule has 1 aromatic carbocycles. The average molecular weight is 388 g/mol. The van der Waals surface area contributed by atoms with E-state index in [1.165, 1.54) is 6.07 Å². The minimum Gasteiger partial charge on any atom is -0.370 e. The van der Waals surface area contributed by atoms with Gasteiger partial charge in [0.1, 0.15) is 11.6 Å². The molecule has 6 nitrogen and oxygen atoms in total. The van der Waals surface area contributed by atoms with Crippen molar-refractivity contribution in [1.82, 2.24) is 19.9 Å². The molecule has 0 unspecified atom stereocenters. The van der Waals surface area contributed by atoms with E-state index in [9.17, 15) is 4.39 Å². The third kappa shape index (κ3) is 3.13. The number of imidazole rings is 1. The molecular weight excluding hydrogens is 367 g/mol. The molecule has 4 aromatic rings. The molecule has 0 amide bonds. The van der Waals surface area contributed by atoms with Crippen LogP contribution in [0.4, 0.5) is 10.1 Å². The van der Waals surface area contributed by atoms with E-state index in [2.05, 4.69) is 19.9 Å². The summed E-state index contributed by atoms with van der Waals surface area (Å²) in [5, 5.41) is 0. The van der Waals surface area contributed by atoms with Crippen LogP contribution in [-0.2, 0) is 0 Å². The predicted octanol–water partition coefficient (Wildman–Crippen LogP) is 3.53. The third-order valence-corrected chi connectivity index (χ3v) is 5.42. The van der Waals surface area contributed by atoms with Gasteiger partial charge in [-0.3, -0.25) is 9.97 Å². The topological polar surface area (TPSA) is 83.7 Å². The van der Waals surface area contributed by atoms with Crippen LogP contribution < -0.4 is 10.6 Å². The number of H-pyrrole nitrogens is 1. The number of aromatic amines is 1. The summed E-state index contributed by atoms with van der Waals surface area (Å²) >= 11 is 0. The molecule has 1 aliphatic heterocycles. The Hall–Kier alpha value is -3.32. The maximum Gasteiger partial charge on any atom is 0.142 e. The van der Waals surface area contributed by atoms with E-state index >= 15 is 0 Å². The second kappa shape index (κ2) is 6.93. The fourth-order valence-electron chi connectivity index (χ4n) is 3.96. The van der Waals surface area contributed by atoms with Crippen LogP contribution in [0.2, 0.25) is 0 Å². The smallest absolute Gasteiger partial charge is 0.142 e. The lowest BCUT2D eigenvalue weighted by molar-refractivity contribution is 0.421. The Kier molecular flexibility index (Phi) is 4.24. The Morgan fingerprint density at radius 3 is 2.72 bits per heavy atom. The highest BCUT2D eigenvalue weighted by molar-refractivity contribution is 5.91. The maximum atomic E-state index is 14.1. The quantitative estimate of drug-likeness (QED) is 0.559. The van der Waals surface area contributed by atoms with Gasteiger partial charge in [-0.2, -0.15) is 0 Å². The van der Waals surface area contributed by atoms with Crippen molar-refractivity contribution < 1.29 is 4.39 Å². The summed E-state index contributed by atoms with van der Waals surface area (Å²) in [5.74, 6) is 0.925. The van der Waals surface area contributed by atoms with Crippen molar-refractivity contribution in [3.8, 4) is 22.5 Å². The van der Waals surface area contributed by atoms with Gasteiger partial charge in [0, 0.05) is 43.2 Å². The van der Waals surface area contributed by atoms with Crippen molar-refractivity contribution in [1.29, 1.82) is 0 Å². The number of pyridine rings is 2. The van der Waals surface area contributed by atoms with Crippen molar-refractivity contribution in [2.75, 3.05) is 24.5 Å². The van der Waals surface area contributed by atoms with Crippen molar-refractivity contribution in [3.63, 3.8) is 0 Å². The van der Waals surface area contributed by atoms with E-state index in [-0.39, 0.29) is 5.82 Å². The summed E-state index contributed by atoms with van der Waals surface area (Å²) in [6, 6.07) is 6.94. The molecule has 1 fully saturated rings. The number of aryl methyl sites for hydroxylation is 1. The molecule has 29 heavy (non-hydrogen) atoms. The van der Waals surface area contributed by atoms with Crippen LogP contribution in [-0.4, -0.2) is 39.6 Å². The number of fused-ring (bicyclic) bond motifs is 1. The van der Waals surface area contributed by atoms with Gasteiger partial charge in [-0.15, -0.1) is 0 Å². The number of anilines is 1. The van der Waals surface area contributed by atoms with Crippen molar-refractivity contribution >= 4 is 16.7 Å². The number of nitrogens with zero attached hydrogens (tertiary/aromatic N) is 4. The average Bonchev–Trinajstić information content (AvgIpc) is 3.10. The summed E-state index contributed by atoms with van der Waals surface area (Å²) in [7, 11) is 0. The zero-order valence-electron chi connectivity index (χ0n) is 16.1. The molecule has 0 atom stereocenters. The first-order chi connectivity index (χ1) is 14.1. The van der Waals surface area contributed by atoms with Crippen molar-refractivity contribution in [2.24, 2.45) is 11.7 Å². The zero-order chi connectivity index (χ0) is 20.0. The number of nitrogens with one attached hydrogen (secondary N) is 1. The lowest BCUT2D eigenvalue weighted by atomic mass is 9.94. The monoisotopic (exact) mass is 388 g/mol. The van der Waals surface area contributed by atoms with E-state index in [0.717, 1.165) is 57.9 Å². The van der Waals surface area contributed by atoms with Gasteiger partial charge >= 0.3 is 0 Å². The zero-order valence-corrected chi connectivity index (χ0v) is 16.1. The third-order valence-electron chi connectivity index (χ3n) is 5.42. The molecule has 3 N–H and O–H groups in total. The van der Waals surface area contributed by atoms with E-state index < -0.39 is 0 Å². The van der Waals surface area contributed by atoms with E-state index in [4.69, 9.17) is 10.7 Å². The standard InChI is InChI=1S/C22H21FN6/c1-13-4-15(6-16(23)5-13)17-8-26-9-18(21(17)29-11-14(7-24)12-29)22-27-19-2-3-25-10-20(19)28-22/h2-6,8-10,14H,7,11-12,24H2,1H3,(H,27,28). The highest BCUT2D eigenvalue weighted by atomic mass is 19.1. The van der Waals surface area contributed by atoms with Crippen LogP contribution in [0.25, 0.3) is 33.5 Å². The molecule has 3 aromatic heterocycles. The molecule has 5 rings (SSSR count). The minimum absolute atomic E-state index is 0.255. The molecule has 0 radical (unpaired) electrons. The Labute approximate surface area is 167 Å². The van der Waals surface area contributed by atoms with Crippen LogP contribution in [0.1, 0.15) is 5.56 Å². The van der Waals surface area contributed by atoms with Crippen LogP contribution in [0.3, 0.4) is 0 Å². The van der Waals surface area contributed by atoms with E-state index in [1.807, 2.05) is 25.3 Å². The van der Waals surface area contributed by atoms with Gasteiger partial charge < -0.3 is 15.6 Å². The van der Waals surface area contributed by atoms with Gasteiger partial charge in [-0.1, -0.05) is 6.07 Å². The first kappa shape index (κ1) is 17.8. The molecule has 0 bridgehead atoms. The van der Waals surface area contributed by atoms with Gasteiger partial charge in [0.15, 0.2) is 0 Å². The predicted molar refractivity (Wildman–Crippen MR) is 112 cm³/mol. The van der Waals surface area contributed by atoms with Crippen LogP contribution >= 0.6 is 0 Å². The lowest BCUT2D eigenvalue weighted by Crippen LogP contribution is -2.50. The molecule has 0 spiro atoms. The molecule has 7 heteroatoms. The van der Waals surface area contributed by atoms with Crippen LogP contribution in [0, 0.1) is 18.7 Å². The van der Waals surface area contributed by atoms with Crippen LogP contribution in [0.5, 0.6) is 0 Å². The second-order valence-electron chi connectivity index (χ2n) is 7.59. The Balaban J connectivity index is 1.70. The number of hydrogen-bond acceptors (Lipinski definition) is 5. The molecular formula is C22H21FN6. The van der Waals surface area contributed by atoms with Gasteiger partial charge in [-0.05, 0) is 42.8 Å². The van der Waals surface area contributed by atoms with Crippen molar-refractivity contribution in [2.45, 2.75) is 6.92 Å². The summed E-state index contributed by atoms with van der Waals surface area (Å²) in [6.07, 6.45) is 7.09. The lowest BCUT2D eigenvalue weighted by Gasteiger charge is -2.42. The number of nitrogens with two attached hydrogens (primary N) is 1. The number of benzene rings is 1. The highest BCUT2D eigenvalue weighted by Gasteiger charge is 2.30. The Bertz CT molecular complexity index is 1140. The Morgan fingerprint density at radius 2 is 1.97 bits per heavy atom. The number of rotatable bonds is 4. The largest absolute Gasteiger partial charge is 0.370 e. The maximum absolute atomic E-state index is 14.1. The first-order valence-electron chi connectivity index (χ1n) is 9.63. The van der Waals surface area contributed by atoms with Gasteiger partial charge in [-0.25, -0.2) is 9.37 Å². The SMILES string of the molecule is Cc1cc(F)cc(-c2cncc(-c3nc4ccncc4[nH]3)c2N2CC(CN)C2)c1. The fraction of sp³-hybridized carbons (Fsp3) is 0.227. The highest BCUT2D eigenvalue weighted by Crippen LogP contribution is 2.41. The molecule has 0 saturated carbocycles. The number of aromatic nitrogens is 4. The summed E-state index contributed by atoms with van der Waals surface area (Å²) in [5.41, 5.74) is 12.0. The molecule has 4 heterocycles. The summed E-state index contributed by atoms with van der Waals surface area (Å²) in [6.45, 7) is 4.26. The van der Waals surface area contributed by atoms with Gasteiger partial charge in [0.25, 0.3) is 0 Å². The normalized spacial score (nSPS) is 14.4. The summed E-state index contributed by atoms with van der Waals surface area (Å²) in [4.78, 5) is 19.0. The second-order valence-corrected chi connectivity index (χ2v) is 7.59. The first-order valence-corrected chi connectivity index (χ1v) is 9.63. The molecule has 1 aliphatic rings. The molecule has 146 valence electrons. The molecule has 0 aliphatic carbocycles.